The molecule has 0 unspecified atom stereocenters. The van der Waals surface area contributed by atoms with Gasteiger partial charge < -0.3 is 9.64 Å². The lowest BCUT2D eigenvalue weighted by molar-refractivity contribution is -0.139. The van der Waals surface area contributed by atoms with Crippen LogP contribution in [0.4, 0.5) is 0 Å². The van der Waals surface area contributed by atoms with E-state index in [1.165, 1.54) is 18.4 Å². The third-order valence-electron chi connectivity index (χ3n) is 1.80. The molecule has 0 saturated carbocycles. The molecule has 0 aliphatic heterocycles. The van der Waals surface area contributed by atoms with E-state index in [2.05, 4.69) is 9.72 Å². The summed E-state index contributed by atoms with van der Waals surface area (Å²) in [7, 11) is 5.14. The largest absolute Gasteiger partial charge is 0.469 e. The molecule has 1 rings (SSSR count). The van der Waals surface area contributed by atoms with Crippen molar-refractivity contribution in [3.8, 4) is 0 Å². The maximum atomic E-state index is 11.5. The SMILES string of the molecule is COC(=O)CC(=O)c1ncc(CN(C)C)s1. The van der Waals surface area contributed by atoms with Crippen LogP contribution in [0.25, 0.3) is 0 Å². The molecule has 5 nitrogen and oxygen atoms in total. The third kappa shape index (κ3) is 3.71. The summed E-state index contributed by atoms with van der Waals surface area (Å²) in [4.78, 5) is 29.4. The number of rotatable bonds is 5. The zero-order chi connectivity index (χ0) is 12.1. The maximum Gasteiger partial charge on any atom is 0.313 e. The first-order valence-electron chi connectivity index (χ1n) is 4.72. The van der Waals surface area contributed by atoms with Crippen molar-refractivity contribution in [3.63, 3.8) is 0 Å². The van der Waals surface area contributed by atoms with Crippen LogP contribution in [0, 0.1) is 0 Å². The van der Waals surface area contributed by atoms with Crippen molar-refractivity contribution in [1.29, 1.82) is 0 Å². The van der Waals surface area contributed by atoms with Crippen LogP contribution < -0.4 is 0 Å². The van der Waals surface area contributed by atoms with Gasteiger partial charge in [0.2, 0.25) is 5.78 Å². The molecule has 0 saturated heterocycles. The van der Waals surface area contributed by atoms with Crippen molar-refractivity contribution in [2.75, 3.05) is 21.2 Å². The molecule has 0 radical (unpaired) electrons. The quantitative estimate of drug-likeness (QED) is 0.437. The molecule has 0 aliphatic carbocycles. The first kappa shape index (κ1) is 12.8. The fourth-order valence-corrected chi connectivity index (χ4v) is 2.07. The third-order valence-corrected chi connectivity index (χ3v) is 2.82. The second-order valence-electron chi connectivity index (χ2n) is 3.55. The van der Waals surface area contributed by atoms with Crippen LogP contribution >= 0.6 is 11.3 Å². The van der Waals surface area contributed by atoms with Gasteiger partial charge in [-0.25, -0.2) is 4.98 Å². The second-order valence-corrected chi connectivity index (χ2v) is 4.66. The molecule has 0 aromatic carbocycles. The van der Waals surface area contributed by atoms with Gasteiger partial charge in [-0.3, -0.25) is 9.59 Å². The van der Waals surface area contributed by atoms with Gasteiger partial charge in [0, 0.05) is 17.6 Å². The minimum absolute atomic E-state index is 0.245. The number of aromatic nitrogens is 1. The zero-order valence-corrected chi connectivity index (χ0v) is 10.3. The molecular weight excluding hydrogens is 228 g/mol. The summed E-state index contributed by atoms with van der Waals surface area (Å²) >= 11 is 1.31. The molecule has 0 spiro atoms. The van der Waals surface area contributed by atoms with Crippen molar-refractivity contribution in [3.05, 3.63) is 16.1 Å². The van der Waals surface area contributed by atoms with Crippen molar-refractivity contribution in [2.45, 2.75) is 13.0 Å². The van der Waals surface area contributed by atoms with Crippen molar-refractivity contribution in [2.24, 2.45) is 0 Å². The Morgan fingerprint density at radius 1 is 1.50 bits per heavy atom. The highest BCUT2D eigenvalue weighted by molar-refractivity contribution is 7.13. The zero-order valence-electron chi connectivity index (χ0n) is 9.52. The fourth-order valence-electron chi connectivity index (χ4n) is 1.10. The van der Waals surface area contributed by atoms with Gasteiger partial charge in [-0.1, -0.05) is 0 Å². The lowest BCUT2D eigenvalue weighted by Crippen LogP contribution is -2.09. The van der Waals surface area contributed by atoms with Crippen molar-refractivity contribution in [1.82, 2.24) is 9.88 Å². The number of hydrogen-bond acceptors (Lipinski definition) is 6. The molecule has 0 amide bonds. The molecule has 88 valence electrons. The van der Waals surface area contributed by atoms with E-state index in [0.29, 0.717) is 5.01 Å². The Labute approximate surface area is 98.0 Å². The van der Waals surface area contributed by atoms with E-state index < -0.39 is 5.97 Å². The van der Waals surface area contributed by atoms with Crippen LogP contribution in [-0.2, 0) is 16.1 Å². The molecule has 1 aromatic rings. The van der Waals surface area contributed by atoms with E-state index in [9.17, 15) is 9.59 Å². The van der Waals surface area contributed by atoms with E-state index in [4.69, 9.17) is 0 Å². The number of thiazole rings is 1. The number of nitrogens with zero attached hydrogens (tertiary/aromatic N) is 2. The molecule has 0 bridgehead atoms. The Kier molecular flexibility index (Phi) is 4.57. The number of ketones is 1. The predicted molar refractivity (Wildman–Crippen MR) is 60.5 cm³/mol. The summed E-state index contributed by atoms with van der Waals surface area (Å²) < 4.78 is 4.42. The van der Waals surface area contributed by atoms with Crippen molar-refractivity contribution < 1.29 is 14.3 Å². The number of esters is 1. The Balaban J connectivity index is 2.63. The van der Waals surface area contributed by atoms with E-state index in [1.807, 2.05) is 19.0 Å². The first-order valence-corrected chi connectivity index (χ1v) is 5.54. The second kappa shape index (κ2) is 5.72. The van der Waals surface area contributed by atoms with Gasteiger partial charge in [0.25, 0.3) is 0 Å². The number of ether oxygens (including phenoxy) is 1. The molecule has 0 N–H and O–H groups in total. The molecular formula is C10H14N2O3S. The highest BCUT2D eigenvalue weighted by Crippen LogP contribution is 2.16. The standard InChI is InChI=1S/C10H14N2O3S/c1-12(2)6-7-5-11-10(16-7)8(13)4-9(14)15-3/h5H,4,6H2,1-3H3. The van der Waals surface area contributed by atoms with E-state index in [0.717, 1.165) is 11.4 Å². The Morgan fingerprint density at radius 2 is 2.19 bits per heavy atom. The number of Topliss-reactive ketones (excluding diaryl/α,β-unsaturated/α-hetero) is 1. The van der Waals surface area contributed by atoms with Crippen LogP contribution in [0.3, 0.4) is 0 Å². The monoisotopic (exact) mass is 242 g/mol. The summed E-state index contributed by atoms with van der Waals surface area (Å²) in [6.45, 7) is 0.739. The van der Waals surface area contributed by atoms with Crippen LogP contribution in [0.5, 0.6) is 0 Å². The van der Waals surface area contributed by atoms with Gasteiger partial charge in [0.05, 0.1) is 7.11 Å². The minimum Gasteiger partial charge on any atom is -0.469 e. The topological polar surface area (TPSA) is 59.5 Å². The van der Waals surface area contributed by atoms with Crippen LogP contribution in [0.15, 0.2) is 6.20 Å². The van der Waals surface area contributed by atoms with E-state index in [1.54, 1.807) is 6.20 Å². The van der Waals surface area contributed by atoms with Crippen LogP contribution in [0.2, 0.25) is 0 Å². The average Bonchev–Trinajstić information content (AvgIpc) is 2.65. The molecule has 1 aromatic heterocycles. The van der Waals surface area contributed by atoms with Crippen LogP contribution in [0.1, 0.15) is 21.1 Å². The Morgan fingerprint density at radius 3 is 2.75 bits per heavy atom. The normalized spacial score (nSPS) is 10.5. The maximum absolute atomic E-state index is 11.5. The Bertz CT molecular complexity index is 387. The average molecular weight is 242 g/mol. The summed E-state index contributed by atoms with van der Waals surface area (Å²) in [5, 5.41) is 0.363. The summed E-state index contributed by atoms with van der Waals surface area (Å²) in [6.07, 6.45) is 1.42. The fraction of sp³-hybridized carbons (Fsp3) is 0.500. The molecule has 0 fully saturated rings. The lowest BCUT2D eigenvalue weighted by Gasteiger charge is -2.05. The van der Waals surface area contributed by atoms with Gasteiger partial charge in [-0.2, -0.15) is 0 Å². The van der Waals surface area contributed by atoms with Gasteiger partial charge >= 0.3 is 5.97 Å². The van der Waals surface area contributed by atoms with Crippen molar-refractivity contribution >= 4 is 23.1 Å². The minimum atomic E-state index is -0.533. The molecule has 16 heavy (non-hydrogen) atoms. The van der Waals surface area contributed by atoms with Gasteiger partial charge in [0.1, 0.15) is 6.42 Å². The van der Waals surface area contributed by atoms with Gasteiger partial charge in [-0.15, -0.1) is 11.3 Å². The number of carbonyl (C=O) groups is 2. The lowest BCUT2D eigenvalue weighted by atomic mass is 10.3. The Hall–Kier alpha value is -1.27. The molecule has 0 atom stereocenters. The van der Waals surface area contributed by atoms with E-state index in [-0.39, 0.29) is 12.2 Å². The molecule has 6 heteroatoms. The van der Waals surface area contributed by atoms with E-state index >= 15 is 0 Å². The number of hydrogen-bond donors (Lipinski definition) is 0. The number of methoxy groups -OCH3 is 1. The molecule has 0 aliphatic rings. The highest BCUT2D eigenvalue weighted by atomic mass is 32.1. The van der Waals surface area contributed by atoms with Crippen LogP contribution in [-0.4, -0.2) is 42.8 Å². The van der Waals surface area contributed by atoms with Gasteiger partial charge in [-0.05, 0) is 14.1 Å². The molecule has 1 heterocycles. The summed E-state index contributed by atoms with van der Waals surface area (Å²) in [5.41, 5.74) is 0. The smallest absolute Gasteiger partial charge is 0.313 e. The predicted octanol–water partition coefficient (Wildman–Crippen LogP) is 0.951. The summed E-state index contributed by atoms with van der Waals surface area (Å²) in [6, 6.07) is 0. The summed E-state index contributed by atoms with van der Waals surface area (Å²) in [5.74, 6) is -0.823. The highest BCUT2D eigenvalue weighted by Gasteiger charge is 2.15. The van der Waals surface area contributed by atoms with Gasteiger partial charge in [0.15, 0.2) is 5.01 Å². The first-order chi connectivity index (χ1) is 7.52. The number of carbonyl (C=O) groups excluding carboxylic acids is 2.